The summed E-state index contributed by atoms with van der Waals surface area (Å²) in [5, 5.41) is 3.29. The normalized spacial score (nSPS) is 11.5. The number of aromatic amines is 2. The van der Waals surface area contributed by atoms with Gasteiger partial charge in [-0.3, -0.25) is 9.71 Å². The van der Waals surface area contributed by atoms with Crippen LogP contribution in [0, 0.1) is 0 Å². The molecule has 0 fully saturated rings. The van der Waals surface area contributed by atoms with Crippen LogP contribution in [0.3, 0.4) is 0 Å². The number of H-pyrrole nitrogens is 2. The minimum absolute atomic E-state index is 0.295. The summed E-state index contributed by atoms with van der Waals surface area (Å²) >= 11 is 6.05. The molecule has 0 atom stereocenters. The molecule has 0 aliphatic rings. The van der Waals surface area contributed by atoms with E-state index < -0.39 is 10.0 Å². The average molecular weight is 340 g/mol. The third-order valence-electron chi connectivity index (χ3n) is 2.73. The molecule has 0 radical (unpaired) electrons. The lowest BCUT2D eigenvalue weighted by Crippen LogP contribution is -2.09. The Labute approximate surface area is 131 Å². The van der Waals surface area contributed by atoms with E-state index in [1.54, 1.807) is 30.6 Å². The molecule has 10 heteroatoms. The van der Waals surface area contributed by atoms with Gasteiger partial charge in [0.1, 0.15) is 0 Å². The van der Waals surface area contributed by atoms with Crippen molar-refractivity contribution >= 4 is 50.1 Å². The van der Waals surface area contributed by atoms with Gasteiger partial charge in [-0.25, -0.2) is 13.4 Å². The summed E-state index contributed by atoms with van der Waals surface area (Å²) in [5.74, 6) is 0.331. The summed E-state index contributed by atoms with van der Waals surface area (Å²) in [5.41, 5.74) is 2.38. The van der Waals surface area contributed by atoms with Gasteiger partial charge < -0.3 is 5.32 Å². The van der Waals surface area contributed by atoms with Crippen LogP contribution in [0.1, 0.15) is 0 Å². The largest absolute Gasteiger partial charge is 0.310 e. The highest BCUT2D eigenvalue weighted by atomic mass is 35.5. The third kappa shape index (κ3) is 3.26. The summed E-state index contributed by atoms with van der Waals surface area (Å²) in [6.45, 7) is 0. The van der Waals surface area contributed by atoms with Crippen molar-refractivity contribution in [2.75, 3.05) is 16.3 Å². The Bertz CT molecular complexity index is 922. The number of nitrogens with one attached hydrogen (secondary N) is 4. The second kappa shape index (κ2) is 5.43. The average Bonchev–Trinajstić information content (AvgIpc) is 2.88. The van der Waals surface area contributed by atoms with Gasteiger partial charge in [-0.2, -0.15) is 4.98 Å². The SMILES string of the molecule is CS(=O)(=O)Nc1ccc(Nc2nc(Cl)c3[nH]c[nH+]c3n2)cc1. The predicted molar refractivity (Wildman–Crippen MR) is 83.6 cm³/mol. The Morgan fingerprint density at radius 2 is 1.86 bits per heavy atom. The molecule has 22 heavy (non-hydrogen) atoms. The zero-order valence-electron chi connectivity index (χ0n) is 11.4. The minimum Gasteiger partial charge on any atom is -0.310 e. The van der Waals surface area contributed by atoms with E-state index >= 15 is 0 Å². The number of halogens is 1. The van der Waals surface area contributed by atoms with E-state index in [0.717, 1.165) is 6.26 Å². The monoisotopic (exact) mass is 339 g/mol. The van der Waals surface area contributed by atoms with Crippen molar-refractivity contribution in [2.45, 2.75) is 0 Å². The molecule has 0 saturated carbocycles. The van der Waals surface area contributed by atoms with E-state index in [2.05, 4.69) is 30.0 Å². The Kier molecular flexibility index (Phi) is 3.59. The zero-order valence-corrected chi connectivity index (χ0v) is 13.0. The zero-order chi connectivity index (χ0) is 15.7. The minimum atomic E-state index is -3.29. The van der Waals surface area contributed by atoms with Crippen molar-refractivity contribution in [1.82, 2.24) is 15.0 Å². The summed E-state index contributed by atoms with van der Waals surface area (Å²) < 4.78 is 24.7. The second-order valence-corrected chi connectivity index (χ2v) is 6.68. The van der Waals surface area contributed by atoms with Gasteiger partial charge in [0.15, 0.2) is 11.5 Å². The molecule has 2 aromatic heterocycles. The van der Waals surface area contributed by atoms with E-state index in [0.29, 0.717) is 33.6 Å². The number of hydrogen-bond donors (Lipinski definition) is 3. The topological polar surface area (TPSA) is 114 Å². The first kappa shape index (κ1) is 14.5. The lowest BCUT2D eigenvalue weighted by molar-refractivity contribution is -0.347. The molecule has 4 N–H and O–H groups in total. The van der Waals surface area contributed by atoms with Gasteiger partial charge in [0.05, 0.1) is 6.26 Å². The Hall–Kier alpha value is -2.39. The van der Waals surface area contributed by atoms with E-state index in [-0.39, 0.29) is 0 Å². The molecule has 8 nitrogen and oxygen atoms in total. The number of nitrogens with zero attached hydrogens (tertiary/aromatic N) is 2. The van der Waals surface area contributed by atoms with E-state index in [1.165, 1.54) is 0 Å². The van der Waals surface area contributed by atoms with Crippen molar-refractivity contribution in [2.24, 2.45) is 0 Å². The van der Waals surface area contributed by atoms with Gasteiger partial charge in [0, 0.05) is 11.4 Å². The van der Waals surface area contributed by atoms with Crippen LogP contribution in [0.5, 0.6) is 0 Å². The van der Waals surface area contributed by atoms with Crippen LogP contribution >= 0.6 is 11.6 Å². The molecule has 0 unspecified atom stereocenters. The third-order valence-corrected chi connectivity index (χ3v) is 3.61. The van der Waals surface area contributed by atoms with Gasteiger partial charge >= 0.3 is 11.6 Å². The van der Waals surface area contributed by atoms with E-state index in [1.807, 2.05) is 0 Å². The molecule has 114 valence electrons. The molecule has 0 aliphatic carbocycles. The van der Waals surface area contributed by atoms with Crippen LogP contribution in [0.25, 0.3) is 11.2 Å². The molecular formula is C12H12ClN6O2S+. The molecule has 0 amide bonds. The summed E-state index contributed by atoms with van der Waals surface area (Å²) in [6, 6.07) is 6.67. The van der Waals surface area contributed by atoms with Crippen molar-refractivity contribution in [3.63, 3.8) is 0 Å². The lowest BCUT2D eigenvalue weighted by Gasteiger charge is -2.06. The fourth-order valence-electron chi connectivity index (χ4n) is 1.86. The molecule has 0 bridgehead atoms. The standard InChI is InChI=1S/C12H11ClN6O2S/c1-22(20,21)19-8-4-2-7(3-5-8)16-12-17-10(13)9-11(18-12)15-6-14-9/h2-6,19H,1H3,(H2,14,15,16,17,18)/p+1. The van der Waals surface area contributed by atoms with Gasteiger partial charge in [0.2, 0.25) is 15.5 Å². The number of fused-ring (bicyclic) bond motifs is 1. The molecule has 2 heterocycles. The van der Waals surface area contributed by atoms with Gasteiger partial charge in [-0.15, -0.1) is 0 Å². The van der Waals surface area contributed by atoms with Crippen LogP contribution in [0.15, 0.2) is 30.6 Å². The number of aromatic nitrogens is 4. The van der Waals surface area contributed by atoms with Gasteiger partial charge in [-0.05, 0) is 24.3 Å². The molecule has 3 rings (SSSR count). The molecular weight excluding hydrogens is 328 g/mol. The first-order chi connectivity index (χ1) is 10.4. The maximum Gasteiger partial charge on any atom is 0.306 e. The molecule has 0 spiro atoms. The van der Waals surface area contributed by atoms with Crippen molar-refractivity contribution in [3.05, 3.63) is 35.7 Å². The fourth-order valence-corrected chi connectivity index (χ4v) is 2.65. The smallest absolute Gasteiger partial charge is 0.306 e. The Morgan fingerprint density at radius 1 is 1.18 bits per heavy atom. The number of hydrogen-bond acceptors (Lipinski definition) is 5. The lowest BCUT2D eigenvalue weighted by atomic mass is 10.3. The predicted octanol–water partition coefficient (Wildman–Crippen LogP) is 1.54. The van der Waals surface area contributed by atoms with Crippen LogP contribution in [0.2, 0.25) is 5.15 Å². The second-order valence-electron chi connectivity index (χ2n) is 4.57. The quantitative estimate of drug-likeness (QED) is 0.624. The summed E-state index contributed by atoms with van der Waals surface area (Å²) in [7, 11) is -3.29. The van der Waals surface area contributed by atoms with E-state index in [4.69, 9.17) is 11.6 Å². The first-order valence-electron chi connectivity index (χ1n) is 6.18. The van der Waals surface area contributed by atoms with Crippen LogP contribution in [0.4, 0.5) is 17.3 Å². The maximum atomic E-state index is 11.1. The highest BCUT2D eigenvalue weighted by molar-refractivity contribution is 7.92. The first-order valence-corrected chi connectivity index (χ1v) is 8.45. The number of rotatable bonds is 4. The number of benzene rings is 1. The Balaban J connectivity index is 1.82. The van der Waals surface area contributed by atoms with Crippen molar-refractivity contribution in [3.8, 4) is 0 Å². The summed E-state index contributed by atoms with van der Waals surface area (Å²) in [6.07, 6.45) is 2.71. The highest BCUT2D eigenvalue weighted by Gasteiger charge is 2.14. The number of anilines is 3. The molecule has 0 aliphatic heterocycles. The molecule has 1 aromatic carbocycles. The molecule has 3 aromatic rings. The Morgan fingerprint density at radius 3 is 2.55 bits per heavy atom. The van der Waals surface area contributed by atoms with Gasteiger partial charge in [-0.1, -0.05) is 16.6 Å². The van der Waals surface area contributed by atoms with Crippen molar-refractivity contribution < 1.29 is 13.4 Å². The summed E-state index contributed by atoms with van der Waals surface area (Å²) in [4.78, 5) is 14.2. The van der Waals surface area contributed by atoms with Gasteiger partial charge in [0.25, 0.3) is 0 Å². The number of imidazole rings is 1. The number of sulfonamides is 1. The van der Waals surface area contributed by atoms with Crippen LogP contribution in [-0.2, 0) is 10.0 Å². The molecule has 0 saturated heterocycles. The highest BCUT2D eigenvalue weighted by Crippen LogP contribution is 2.21. The van der Waals surface area contributed by atoms with Crippen LogP contribution in [-0.4, -0.2) is 29.6 Å². The fraction of sp³-hybridized carbons (Fsp3) is 0.0833. The van der Waals surface area contributed by atoms with E-state index in [9.17, 15) is 8.42 Å². The van der Waals surface area contributed by atoms with Crippen molar-refractivity contribution in [1.29, 1.82) is 0 Å². The maximum absolute atomic E-state index is 11.1. The van der Waals surface area contributed by atoms with Crippen LogP contribution < -0.4 is 15.0 Å².